The van der Waals surface area contributed by atoms with Crippen LogP contribution in [-0.2, 0) is 16.2 Å². The van der Waals surface area contributed by atoms with E-state index in [0.717, 1.165) is 5.56 Å². The van der Waals surface area contributed by atoms with Crippen molar-refractivity contribution in [2.45, 2.75) is 13.5 Å². The first-order chi connectivity index (χ1) is 14.9. The maximum absolute atomic E-state index is 13.8. The van der Waals surface area contributed by atoms with E-state index in [4.69, 9.17) is 4.74 Å². The Bertz CT molecular complexity index is 1120. The third-order valence-corrected chi connectivity index (χ3v) is 4.64. The van der Waals surface area contributed by atoms with Crippen molar-refractivity contribution in [1.82, 2.24) is 5.43 Å². The number of benzene rings is 3. The molecule has 0 aliphatic rings. The number of hydrogen-bond donors (Lipinski definition) is 2. The van der Waals surface area contributed by atoms with Gasteiger partial charge in [0.25, 0.3) is 0 Å². The minimum atomic E-state index is -1.03. The quantitative estimate of drug-likeness (QED) is 0.306. The van der Waals surface area contributed by atoms with Crippen LogP contribution in [0.15, 0.2) is 76.3 Å². The molecular formula is C23H19BrFN3O3. The molecule has 0 heterocycles. The van der Waals surface area contributed by atoms with E-state index >= 15 is 0 Å². The molecule has 0 saturated carbocycles. The number of aryl methyl sites for hydroxylation is 1. The number of amides is 2. The molecule has 0 radical (unpaired) electrons. The standard InChI is InChI=1S/C23H19BrFN3O3/c1-15-5-7-16(8-6-15)14-31-19-4-2-3-17(11-19)13-26-28-23(30)22(29)27-21-10-9-18(24)12-20(21)25/h2-13H,14H2,1H3,(H,27,29)(H,28,30). The molecule has 3 aromatic rings. The highest BCUT2D eigenvalue weighted by Gasteiger charge is 2.15. The van der Waals surface area contributed by atoms with Crippen molar-refractivity contribution in [3.63, 3.8) is 0 Å². The highest BCUT2D eigenvalue weighted by molar-refractivity contribution is 9.10. The minimum Gasteiger partial charge on any atom is -0.489 e. The molecule has 0 atom stereocenters. The van der Waals surface area contributed by atoms with E-state index in [-0.39, 0.29) is 5.69 Å². The molecule has 0 unspecified atom stereocenters. The summed E-state index contributed by atoms with van der Waals surface area (Å²) in [4.78, 5) is 23.8. The molecule has 0 fully saturated rings. The lowest BCUT2D eigenvalue weighted by Crippen LogP contribution is -2.32. The lowest BCUT2D eigenvalue weighted by atomic mass is 10.2. The normalized spacial score (nSPS) is 10.7. The highest BCUT2D eigenvalue weighted by Crippen LogP contribution is 2.19. The van der Waals surface area contributed by atoms with Crippen molar-refractivity contribution in [3.8, 4) is 5.75 Å². The molecule has 0 saturated heterocycles. The van der Waals surface area contributed by atoms with Gasteiger partial charge >= 0.3 is 11.8 Å². The number of nitrogens with one attached hydrogen (secondary N) is 2. The Morgan fingerprint density at radius 3 is 2.58 bits per heavy atom. The van der Waals surface area contributed by atoms with Gasteiger partial charge in [-0.1, -0.05) is 57.9 Å². The number of hydrogen-bond acceptors (Lipinski definition) is 4. The Kier molecular flexibility index (Phi) is 7.50. The van der Waals surface area contributed by atoms with E-state index in [1.807, 2.05) is 37.3 Å². The van der Waals surface area contributed by atoms with Crippen molar-refractivity contribution >= 4 is 39.6 Å². The SMILES string of the molecule is Cc1ccc(COc2cccc(C=NNC(=O)C(=O)Nc3ccc(Br)cc3F)c2)cc1. The second-order valence-electron chi connectivity index (χ2n) is 6.62. The number of anilines is 1. The molecule has 6 nitrogen and oxygen atoms in total. The molecule has 0 aliphatic carbocycles. The van der Waals surface area contributed by atoms with E-state index in [2.05, 4.69) is 31.8 Å². The summed E-state index contributed by atoms with van der Waals surface area (Å²) in [6, 6.07) is 19.2. The van der Waals surface area contributed by atoms with Crippen molar-refractivity contribution in [1.29, 1.82) is 0 Å². The van der Waals surface area contributed by atoms with Gasteiger partial charge < -0.3 is 10.1 Å². The van der Waals surface area contributed by atoms with Gasteiger partial charge in [-0.3, -0.25) is 9.59 Å². The molecule has 8 heteroatoms. The smallest absolute Gasteiger partial charge is 0.329 e. The van der Waals surface area contributed by atoms with Crippen LogP contribution < -0.4 is 15.5 Å². The molecule has 0 aliphatic heterocycles. The number of halogens is 2. The molecule has 0 aromatic heterocycles. The van der Waals surface area contributed by atoms with Crippen molar-refractivity contribution < 1.29 is 18.7 Å². The maximum atomic E-state index is 13.8. The summed E-state index contributed by atoms with van der Waals surface area (Å²) in [7, 11) is 0. The summed E-state index contributed by atoms with van der Waals surface area (Å²) < 4.78 is 20.0. The predicted molar refractivity (Wildman–Crippen MR) is 120 cm³/mol. The molecule has 31 heavy (non-hydrogen) atoms. The minimum absolute atomic E-state index is 0.106. The van der Waals surface area contributed by atoms with Crippen LogP contribution in [0.3, 0.4) is 0 Å². The van der Waals surface area contributed by atoms with Crippen LogP contribution >= 0.6 is 15.9 Å². The maximum Gasteiger partial charge on any atom is 0.329 e. The first-order valence-corrected chi connectivity index (χ1v) is 10.1. The van der Waals surface area contributed by atoms with Crippen LogP contribution in [0.2, 0.25) is 0 Å². The summed E-state index contributed by atoms with van der Waals surface area (Å²) in [6.45, 7) is 2.44. The Hall–Kier alpha value is -3.52. The second-order valence-corrected chi connectivity index (χ2v) is 7.54. The van der Waals surface area contributed by atoms with Crippen molar-refractivity contribution in [3.05, 3.63) is 93.7 Å². The van der Waals surface area contributed by atoms with Crippen LogP contribution in [0.25, 0.3) is 0 Å². The fourth-order valence-electron chi connectivity index (χ4n) is 2.52. The summed E-state index contributed by atoms with van der Waals surface area (Å²) in [6.07, 6.45) is 1.38. The molecule has 3 aromatic carbocycles. The fourth-order valence-corrected chi connectivity index (χ4v) is 2.85. The summed E-state index contributed by atoms with van der Waals surface area (Å²) in [5.74, 6) is -2.08. The topological polar surface area (TPSA) is 79.8 Å². The van der Waals surface area contributed by atoms with Gasteiger partial charge in [-0.05, 0) is 48.4 Å². The Balaban J connectivity index is 1.52. The van der Waals surface area contributed by atoms with E-state index < -0.39 is 17.6 Å². The van der Waals surface area contributed by atoms with Gasteiger partial charge in [0.1, 0.15) is 18.2 Å². The average Bonchev–Trinajstić information content (AvgIpc) is 2.75. The van der Waals surface area contributed by atoms with Gasteiger partial charge in [-0.25, -0.2) is 9.82 Å². The van der Waals surface area contributed by atoms with Crippen molar-refractivity contribution in [2.75, 3.05) is 5.32 Å². The second kappa shape index (κ2) is 10.5. The summed E-state index contributed by atoms with van der Waals surface area (Å²) in [5.41, 5.74) is 4.90. The van der Waals surface area contributed by atoms with Crippen LogP contribution in [-0.4, -0.2) is 18.0 Å². The largest absolute Gasteiger partial charge is 0.489 e. The van der Waals surface area contributed by atoms with Crippen molar-refractivity contribution in [2.24, 2.45) is 5.10 Å². The number of carbonyl (C=O) groups is 2. The summed E-state index contributed by atoms with van der Waals surface area (Å²) >= 11 is 3.12. The molecule has 0 spiro atoms. The predicted octanol–water partition coefficient (Wildman–Crippen LogP) is 4.56. The molecule has 2 N–H and O–H groups in total. The zero-order valence-corrected chi connectivity index (χ0v) is 18.1. The Morgan fingerprint density at radius 1 is 1.06 bits per heavy atom. The van der Waals surface area contributed by atoms with Gasteiger partial charge in [-0.2, -0.15) is 5.10 Å². The number of hydrazone groups is 1. The first-order valence-electron chi connectivity index (χ1n) is 9.28. The number of nitrogens with zero attached hydrogens (tertiary/aromatic N) is 1. The third-order valence-electron chi connectivity index (χ3n) is 4.15. The first kappa shape index (κ1) is 22.2. The lowest BCUT2D eigenvalue weighted by Gasteiger charge is -2.07. The lowest BCUT2D eigenvalue weighted by molar-refractivity contribution is -0.136. The van der Waals surface area contributed by atoms with E-state index in [9.17, 15) is 14.0 Å². The molecule has 2 amide bonds. The van der Waals surface area contributed by atoms with Crippen LogP contribution in [0, 0.1) is 12.7 Å². The third kappa shape index (κ3) is 6.75. The molecule has 3 rings (SSSR count). The molecule has 158 valence electrons. The van der Waals surface area contributed by atoms with Gasteiger partial charge in [0.05, 0.1) is 11.9 Å². The van der Waals surface area contributed by atoms with Crippen LogP contribution in [0.1, 0.15) is 16.7 Å². The number of carbonyl (C=O) groups excluding carboxylic acids is 2. The highest BCUT2D eigenvalue weighted by atomic mass is 79.9. The fraction of sp³-hybridized carbons (Fsp3) is 0.0870. The summed E-state index contributed by atoms with van der Waals surface area (Å²) in [5, 5.41) is 5.96. The van der Waals surface area contributed by atoms with Crippen LogP contribution in [0.5, 0.6) is 5.75 Å². The van der Waals surface area contributed by atoms with Gasteiger partial charge in [-0.15, -0.1) is 0 Å². The van der Waals surface area contributed by atoms with Crippen LogP contribution in [0.4, 0.5) is 10.1 Å². The van der Waals surface area contributed by atoms with E-state index in [0.29, 0.717) is 22.4 Å². The van der Waals surface area contributed by atoms with Gasteiger partial charge in [0.2, 0.25) is 0 Å². The number of ether oxygens (including phenoxy) is 1. The zero-order chi connectivity index (χ0) is 22.2. The molecular weight excluding hydrogens is 465 g/mol. The van der Waals surface area contributed by atoms with Gasteiger partial charge in [0.15, 0.2) is 0 Å². The van der Waals surface area contributed by atoms with E-state index in [1.54, 1.807) is 24.3 Å². The Labute approximate surface area is 187 Å². The Morgan fingerprint density at radius 2 is 1.84 bits per heavy atom. The van der Waals surface area contributed by atoms with Gasteiger partial charge in [0, 0.05) is 4.47 Å². The monoisotopic (exact) mass is 483 g/mol. The zero-order valence-electron chi connectivity index (χ0n) is 16.6. The average molecular weight is 484 g/mol. The molecule has 0 bridgehead atoms. The van der Waals surface area contributed by atoms with E-state index in [1.165, 1.54) is 23.9 Å². The number of rotatable bonds is 6.